The summed E-state index contributed by atoms with van der Waals surface area (Å²) in [5, 5.41) is 10.4. The second-order valence-electron chi connectivity index (χ2n) is 9.77. The van der Waals surface area contributed by atoms with Gasteiger partial charge in [0.15, 0.2) is 0 Å². The molecular weight excluding hydrogens is 440 g/mol. The number of ether oxygens (including phenoxy) is 2. The van der Waals surface area contributed by atoms with Gasteiger partial charge in [0, 0.05) is 42.9 Å². The second kappa shape index (κ2) is 9.49. The average molecular weight is 473 g/mol. The van der Waals surface area contributed by atoms with Crippen LogP contribution < -0.4 is 4.74 Å². The Balaban J connectivity index is 1.83. The molecule has 0 saturated heterocycles. The van der Waals surface area contributed by atoms with Crippen LogP contribution in [0.2, 0.25) is 25.7 Å². The maximum atomic E-state index is 9.38. The molecule has 0 aliphatic heterocycles. The van der Waals surface area contributed by atoms with E-state index < -0.39 is 8.07 Å². The molecule has 0 bridgehead atoms. The first-order valence-corrected chi connectivity index (χ1v) is 15.4. The summed E-state index contributed by atoms with van der Waals surface area (Å²) in [6.45, 7) is 17.2. The number of nitriles is 1. The summed E-state index contributed by atoms with van der Waals surface area (Å²) in [5.41, 5.74) is 6.09. The number of rotatable bonds is 9. The quantitative estimate of drug-likeness (QED) is 0.224. The predicted molar refractivity (Wildman–Crippen MR) is 141 cm³/mol. The Labute approximate surface area is 201 Å². The Hall–Kier alpha value is -3.34. The highest BCUT2D eigenvalue weighted by Crippen LogP contribution is 2.38. The first kappa shape index (κ1) is 23.8. The summed E-state index contributed by atoms with van der Waals surface area (Å²) in [6, 6.07) is 13.0. The number of nitrogens with zero attached hydrogens (tertiary/aromatic N) is 3. The van der Waals surface area contributed by atoms with Crippen molar-refractivity contribution in [2.24, 2.45) is 0 Å². The number of aromatic amines is 1. The molecule has 0 aliphatic rings. The molecule has 0 atom stereocenters. The minimum Gasteiger partial charge on any atom is -0.493 e. The first-order chi connectivity index (χ1) is 16.2. The molecule has 176 valence electrons. The monoisotopic (exact) mass is 472 g/mol. The van der Waals surface area contributed by atoms with E-state index in [4.69, 9.17) is 14.5 Å². The van der Waals surface area contributed by atoms with Gasteiger partial charge < -0.3 is 14.5 Å². The van der Waals surface area contributed by atoms with Crippen LogP contribution in [0, 0.1) is 18.3 Å². The molecule has 2 aromatic heterocycles. The van der Waals surface area contributed by atoms with Gasteiger partial charge in [0.1, 0.15) is 18.3 Å². The second-order valence-corrected chi connectivity index (χ2v) is 15.4. The van der Waals surface area contributed by atoms with Gasteiger partial charge in [0.2, 0.25) is 0 Å². The topological polar surface area (TPSA) is 75.9 Å². The molecule has 34 heavy (non-hydrogen) atoms. The number of H-pyrrole nitrogens is 1. The van der Waals surface area contributed by atoms with Gasteiger partial charge in [-0.2, -0.15) is 5.26 Å². The van der Waals surface area contributed by atoms with Crippen molar-refractivity contribution in [1.29, 1.82) is 5.26 Å². The SMILES string of the molecule is C=C(c1c(OCC)cc(C)c2[nH]ccc12)c1nc2cc(C#N)ccc2n1COCC[Si](C)(C)C. The molecule has 0 amide bonds. The van der Waals surface area contributed by atoms with E-state index in [0.29, 0.717) is 31.3 Å². The van der Waals surface area contributed by atoms with Crippen molar-refractivity contribution < 1.29 is 9.47 Å². The van der Waals surface area contributed by atoms with Crippen LogP contribution in [0.3, 0.4) is 0 Å². The zero-order valence-corrected chi connectivity index (χ0v) is 21.7. The van der Waals surface area contributed by atoms with Crippen LogP contribution in [0.25, 0.3) is 27.5 Å². The maximum Gasteiger partial charge on any atom is 0.143 e. The number of hydrogen-bond donors (Lipinski definition) is 1. The Kier molecular flexibility index (Phi) is 6.64. The van der Waals surface area contributed by atoms with E-state index in [-0.39, 0.29) is 0 Å². The molecule has 4 rings (SSSR count). The fourth-order valence-electron chi connectivity index (χ4n) is 4.16. The number of aryl methyl sites for hydroxylation is 1. The van der Waals surface area contributed by atoms with Crippen LogP contribution in [0.4, 0.5) is 0 Å². The van der Waals surface area contributed by atoms with E-state index in [2.05, 4.69) is 54.8 Å². The Morgan fingerprint density at radius 3 is 2.74 bits per heavy atom. The number of hydrogen-bond acceptors (Lipinski definition) is 4. The molecule has 0 fully saturated rings. The molecule has 0 unspecified atom stereocenters. The lowest BCUT2D eigenvalue weighted by Crippen LogP contribution is -2.22. The van der Waals surface area contributed by atoms with Crippen molar-refractivity contribution in [3.63, 3.8) is 0 Å². The number of fused-ring (bicyclic) bond motifs is 2. The van der Waals surface area contributed by atoms with Crippen LogP contribution >= 0.6 is 0 Å². The van der Waals surface area contributed by atoms with Gasteiger partial charge in [-0.05, 0) is 55.8 Å². The van der Waals surface area contributed by atoms with Crippen molar-refractivity contribution in [1.82, 2.24) is 14.5 Å². The molecule has 6 nitrogen and oxygen atoms in total. The van der Waals surface area contributed by atoms with E-state index in [0.717, 1.165) is 50.4 Å². The normalized spacial score (nSPS) is 11.8. The van der Waals surface area contributed by atoms with Crippen molar-refractivity contribution in [2.45, 2.75) is 46.3 Å². The van der Waals surface area contributed by atoms with Gasteiger partial charge in [0.25, 0.3) is 0 Å². The predicted octanol–water partition coefficient (Wildman–Crippen LogP) is 6.47. The van der Waals surface area contributed by atoms with Crippen LogP contribution in [0.5, 0.6) is 5.75 Å². The minimum atomic E-state index is -1.20. The summed E-state index contributed by atoms with van der Waals surface area (Å²) in [6.07, 6.45) is 1.94. The lowest BCUT2D eigenvalue weighted by molar-refractivity contribution is 0.0893. The smallest absolute Gasteiger partial charge is 0.143 e. The third-order valence-corrected chi connectivity index (χ3v) is 7.67. The van der Waals surface area contributed by atoms with E-state index in [1.54, 1.807) is 0 Å². The minimum absolute atomic E-state index is 0.368. The fraction of sp³-hybridized carbons (Fsp3) is 0.333. The summed E-state index contributed by atoms with van der Waals surface area (Å²) in [7, 11) is -1.20. The van der Waals surface area contributed by atoms with Gasteiger partial charge >= 0.3 is 0 Å². The lowest BCUT2D eigenvalue weighted by Gasteiger charge is -2.18. The summed E-state index contributed by atoms with van der Waals surface area (Å²) < 4.78 is 14.2. The molecule has 1 N–H and O–H groups in total. The van der Waals surface area contributed by atoms with Crippen LogP contribution in [-0.2, 0) is 11.5 Å². The van der Waals surface area contributed by atoms with Crippen molar-refractivity contribution in [2.75, 3.05) is 13.2 Å². The maximum absolute atomic E-state index is 9.38. The highest BCUT2D eigenvalue weighted by atomic mass is 28.3. The standard InChI is InChI=1S/C27H32N4O2Si/c1-7-33-24-14-18(2)26-21(10-11-29-26)25(24)19(3)27-30-22-15-20(16-28)8-9-23(22)31(27)17-32-12-13-34(4,5)6/h8-11,14-15,29H,3,7,12-13,17H2,1-2,4-6H3. The Bertz CT molecular complexity index is 1400. The van der Waals surface area contributed by atoms with Gasteiger partial charge in [-0.1, -0.05) is 26.2 Å². The molecule has 2 heterocycles. The molecule has 2 aromatic carbocycles. The van der Waals surface area contributed by atoms with Crippen molar-refractivity contribution in [3.05, 3.63) is 65.6 Å². The number of nitrogens with one attached hydrogen (secondary N) is 1. The Morgan fingerprint density at radius 2 is 2.03 bits per heavy atom. The fourth-order valence-corrected chi connectivity index (χ4v) is 4.92. The molecule has 0 saturated carbocycles. The van der Waals surface area contributed by atoms with Crippen molar-refractivity contribution in [3.8, 4) is 11.8 Å². The van der Waals surface area contributed by atoms with Gasteiger partial charge in [-0.3, -0.25) is 4.57 Å². The van der Waals surface area contributed by atoms with Crippen molar-refractivity contribution >= 4 is 35.6 Å². The van der Waals surface area contributed by atoms with Crippen LogP contribution in [-0.4, -0.2) is 35.8 Å². The third kappa shape index (κ3) is 4.65. The summed E-state index contributed by atoms with van der Waals surface area (Å²) >= 11 is 0. The Morgan fingerprint density at radius 1 is 1.24 bits per heavy atom. The number of benzene rings is 2. The summed E-state index contributed by atoms with van der Waals surface area (Å²) in [5.74, 6) is 1.50. The highest BCUT2D eigenvalue weighted by Gasteiger charge is 2.22. The first-order valence-electron chi connectivity index (χ1n) is 11.6. The average Bonchev–Trinajstić information content (AvgIpc) is 3.41. The van der Waals surface area contributed by atoms with Gasteiger partial charge in [0.05, 0.1) is 29.3 Å². The molecular formula is C27H32N4O2Si. The molecule has 0 spiro atoms. The van der Waals surface area contributed by atoms with E-state index in [1.165, 1.54) is 0 Å². The molecule has 4 aromatic rings. The van der Waals surface area contributed by atoms with Crippen LogP contribution in [0.1, 0.15) is 29.4 Å². The third-order valence-electron chi connectivity index (χ3n) is 5.97. The summed E-state index contributed by atoms with van der Waals surface area (Å²) in [4.78, 5) is 8.25. The van der Waals surface area contributed by atoms with E-state index >= 15 is 0 Å². The molecule has 0 aliphatic carbocycles. The van der Waals surface area contributed by atoms with Gasteiger partial charge in [-0.15, -0.1) is 0 Å². The van der Waals surface area contributed by atoms with E-state index in [1.807, 2.05) is 37.4 Å². The molecule has 0 radical (unpaired) electrons. The highest BCUT2D eigenvalue weighted by molar-refractivity contribution is 6.76. The van der Waals surface area contributed by atoms with E-state index in [9.17, 15) is 5.26 Å². The largest absolute Gasteiger partial charge is 0.493 e. The van der Waals surface area contributed by atoms with Gasteiger partial charge in [-0.25, -0.2) is 4.98 Å². The van der Waals surface area contributed by atoms with Crippen LogP contribution in [0.15, 0.2) is 43.1 Å². The zero-order valence-electron chi connectivity index (χ0n) is 20.7. The number of aromatic nitrogens is 3. The lowest BCUT2D eigenvalue weighted by atomic mass is 9.98. The molecule has 7 heteroatoms. The zero-order chi connectivity index (χ0) is 24.5. The number of imidazole rings is 1.